The van der Waals surface area contributed by atoms with Gasteiger partial charge in [-0.05, 0) is 60.2 Å². The van der Waals surface area contributed by atoms with Gasteiger partial charge in [0.2, 0.25) is 0 Å². The first kappa shape index (κ1) is 23.7. The van der Waals surface area contributed by atoms with Gasteiger partial charge in [0.05, 0.1) is 28.9 Å². The van der Waals surface area contributed by atoms with E-state index in [1.807, 2.05) is 0 Å². The van der Waals surface area contributed by atoms with Crippen molar-refractivity contribution in [3.63, 3.8) is 0 Å². The number of hydrogen-bond donors (Lipinski definition) is 2. The average molecular weight is 487 g/mol. The molecule has 0 heterocycles. The Labute approximate surface area is 191 Å². The van der Waals surface area contributed by atoms with Gasteiger partial charge in [-0.2, -0.15) is 13.2 Å². The van der Waals surface area contributed by atoms with Crippen molar-refractivity contribution in [2.45, 2.75) is 12.7 Å². The third-order valence-electron chi connectivity index (χ3n) is 4.40. The summed E-state index contributed by atoms with van der Waals surface area (Å²) in [5, 5.41) is 6.06. The number of rotatable bonds is 6. The van der Waals surface area contributed by atoms with Gasteiger partial charge in [0.1, 0.15) is 11.6 Å². The van der Waals surface area contributed by atoms with Gasteiger partial charge in [-0.3, -0.25) is 4.79 Å². The van der Waals surface area contributed by atoms with Crippen LogP contribution in [0, 0.1) is 5.82 Å². The van der Waals surface area contributed by atoms with Crippen LogP contribution < -0.4 is 15.4 Å². The summed E-state index contributed by atoms with van der Waals surface area (Å²) in [6.07, 6.45) is -4.65. The fourth-order valence-electron chi connectivity index (χ4n) is 2.89. The summed E-state index contributed by atoms with van der Waals surface area (Å²) in [5.41, 5.74) is 0.0195. The lowest BCUT2D eigenvalue weighted by Crippen LogP contribution is -2.13. The van der Waals surface area contributed by atoms with Crippen molar-refractivity contribution in [3.8, 4) is 5.75 Å². The zero-order chi connectivity index (χ0) is 23.5. The number of carbonyl (C=O) groups is 1. The number of methoxy groups -OCH3 is 1. The molecule has 168 valence electrons. The standard InChI is InChI=1S/C22H16Cl2F4N2O2/c1-32-20-5-2-14(23)9-17(20)21(31)30-19-4-3-16(10-18(19)24)29-11-12-6-13(22(26,27)28)8-15(25)7-12/h2-10,29H,11H2,1H3,(H,30,31). The highest BCUT2D eigenvalue weighted by atomic mass is 35.5. The molecule has 10 heteroatoms. The Kier molecular flexibility index (Phi) is 7.16. The van der Waals surface area contributed by atoms with Gasteiger partial charge in [-0.1, -0.05) is 23.2 Å². The van der Waals surface area contributed by atoms with Crippen LogP contribution in [0.3, 0.4) is 0 Å². The summed E-state index contributed by atoms with van der Waals surface area (Å²) in [6, 6.07) is 11.5. The lowest BCUT2D eigenvalue weighted by molar-refractivity contribution is -0.137. The van der Waals surface area contributed by atoms with Crippen molar-refractivity contribution in [2.24, 2.45) is 0 Å². The van der Waals surface area contributed by atoms with Gasteiger partial charge in [0, 0.05) is 17.3 Å². The molecule has 32 heavy (non-hydrogen) atoms. The van der Waals surface area contributed by atoms with Gasteiger partial charge in [0.15, 0.2) is 0 Å². The maximum absolute atomic E-state index is 13.5. The third-order valence-corrected chi connectivity index (χ3v) is 4.95. The molecule has 0 atom stereocenters. The number of ether oxygens (including phenoxy) is 1. The van der Waals surface area contributed by atoms with Crippen LogP contribution in [0.2, 0.25) is 10.0 Å². The second-order valence-corrected chi connectivity index (χ2v) is 7.54. The molecule has 3 rings (SSSR count). The van der Waals surface area contributed by atoms with Crippen molar-refractivity contribution in [2.75, 3.05) is 17.7 Å². The Hall–Kier alpha value is -2.97. The molecular formula is C22H16Cl2F4N2O2. The number of alkyl halides is 3. The van der Waals surface area contributed by atoms with E-state index in [0.29, 0.717) is 28.2 Å². The van der Waals surface area contributed by atoms with Crippen LogP contribution in [0.15, 0.2) is 54.6 Å². The van der Waals surface area contributed by atoms with E-state index in [2.05, 4.69) is 10.6 Å². The van der Waals surface area contributed by atoms with Crippen LogP contribution in [-0.4, -0.2) is 13.0 Å². The number of nitrogens with one attached hydrogen (secondary N) is 2. The molecule has 3 aromatic rings. The molecular weight excluding hydrogens is 471 g/mol. The summed E-state index contributed by atoms with van der Waals surface area (Å²) < 4.78 is 57.2. The molecule has 0 aromatic heterocycles. The second-order valence-electron chi connectivity index (χ2n) is 6.69. The zero-order valence-corrected chi connectivity index (χ0v) is 18.0. The lowest BCUT2D eigenvalue weighted by atomic mass is 10.1. The van der Waals surface area contributed by atoms with Gasteiger partial charge in [-0.25, -0.2) is 4.39 Å². The first-order valence-electron chi connectivity index (χ1n) is 9.12. The predicted molar refractivity (Wildman–Crippen MR) is 116 cm³/mol. The summed E-state index contributed by atoms with van der Waals surface area (Å²) in [7, 11) is 1.42. The van der Waals surface area contributed by atoms with Crippen LogP contribution in [0.4, 0.5) is 28.9 Å². The molecule has 0 fully saturated rings. The van der Waals surface area contributed by atoms with Crippen molar-refractivity contribution >= 4 is 40.5 Å². The van der Waals surface area contributed by atoms with Crippen LogP contribution in [-0.2, 0) is 12.7 Å². The highest BCUT2D eigenvalue weighted by Gasteiger charge is 2.31. The first-order valence-corrected chi connectivity index (χ1v) is 9.87. The zero-order valence-electron chi connectivity index (χ0n) is 16.5. The summed E-state index contributed by atoms with van der Waals surface area (Å²) >= 11 is 12.2. The lowest BCUT2D eigenvalue weighted by Gasteiger charge is -2.13. The SMILES string of the molecule is COc1ccc(Cl)cc1C(=O)Nc1ccc(NCc2cc(F)cc(C(F)(F)F)c2)cc1Cl. The minimum Gasteiger partial charge on any atom is -0.496 e. The van der Waals surface area contributed by atoms with Gasteiger partial charge < -0.3 is 15.4 Å². The van der Waals surface area contributed by atoms with Gasteiger partial charge >= 0.3 is 6.18 Å². The molecule has 0 radical (unpaired) electrons. The summed E-state index contributed by atoms with van der Waals surface area (Å²) in [6.45, 7) is -0.0669. The number of halogens is 6. The van der Waals surface area contributed by atoms with Crippen LogP contribution in [0.5, 0.6) is 5.75 Å². The van der Waals surface area contributed by atoms with E-state index >= 15 is 0 Å². The Morgan fingerprint density at radius 2 is 1.78 bits per heavy atom. The maximum Gasteiger partial charge on any atom is 0.416 e. The predicted octanol–water partition coefficient (Wildman–Crippen LogP) is 7.02. The van der Waals surface area contributed by atoms with Crippen molar-refractivity contribution in [1.29, 1.82) is 0 Å². The largest absolute Gasteiger partial charge is 0.496 e. The minimum absolute atomic E-state index is 0.0669. The van der Waals surface area contributed by atoms with Gasteiger partial charge in [0.25, 0.3) is 5.91 Å². The van der Waals surface area contributed by atoms with E-state index in [1.165, 1.54) is 25.3 Å². The molecule has 0 aliphatic carbocycles. The third kappa shape index (κ3) is 5.83. The van der Waals surface area contributed by atoms with E-state index < -0.39 is 23.5 Å². The Morgan fingerprint density at radius 3 is 2.44 bits per heavy atom. The molecule has 0 spiro atoms. The number of carbonyl (C=O) groups excluding carboxylic acids is 1. The van der Waals surface area contributed by atoms with E-state index in [0.717, 1.165) is 12.1 Å². The topological polar surface area (TPSA) is 50.4 Å². The first-order chi connectivity index (χ1) is 15.1. The van der Waals surface area contributed by atoms with Crippen molar-refractivity contribution < 1.29 is 27.1 Å². The van der Waals surface area contributed by atoms with E-state index in [-0.39, 0.29) is 22.7 Å². The molecule has 2 N–H and O–H groups in total. The van der Waals surface area contributed by atoms with E-state index in [4.69, 9.17) is 27.9 Å². The number of amides is 1. The molecule has 0 unspecified atom stereocenters. The molecule has 1 amide bonds. The number of anilines is 2. The van der Waals surface area contributed by atoms with Gasteiger partial charge in [-0.15, -0.1) is 0 Å². The van der Waals surface area contributed by atoms with E-state index in [1.54, 1.807) is 18.2 Å². The molecule has 3 aromatic carbocycles. The molecule has 0 saturated carbocycles. The molecule has 0 aliphatic heterocycles. The smallest absolute Gasteiger partial charge is 0.416 e. The molecule has 4 nitrogen and oxygen atoms in total. The average Bonchev–Trinajstić information content (AvgIpc) is 2.73. The second kappa shape index (κ2) is 9.67. The number of hydrogen-bond acceptors (Lipinski definition) is 3. The molecule has 0 bridgehead atoms. The fourth-order valence-corrected chi connectivity index (χ4v) is 3.29. The van der Waals surface area contributed by atoms with Crippen molar-refractivity contribution in [3.05, 3.63) is 87.2 Å². The Morgan fingerprint density at radius 1 is 1.03 bits per heavy atom. The highest BCUT2D eigenvalue weighted by Crippen LogP contribution is 2.31. The van der Waals surface area contributed by atoms with Crippen molar-refractivity contribution in [1.82, 2.24) is 0 Å². The monoisotopic (exact) mass is 486 g/mol. The normalized spacial score (nSPS) is 11.2. The summed E-state index contributed by atoms with van der Waals surface area (Å²) in [4.78, 5) is 12.6. The number of benzene rings is 3. The molecule has 0 saturated heterocycles. The fraction of sp³-hybridized carbons (Fsp3) is 0.136. The quantitative estimate of drug-likeness (QED) is 0.368. The minimum atomic E-state index is -4.65. The van der Waals surface area contributed by atoms with Crippen LogP contribution in [0.1, 0.15) is 21.5 Å². The Bertz CT molecular complexity index is 1150. The molecule has 0 aliphatic rings. The van der Waals surface area contributed by atoms with Crippen LogP contribution >= 0.6 is 23.2 Å². The van der Waals surface area contributed by atoms with Crippen LogP contribution in [0.25, 0.3) is 0 Å². The maximum atomic E-state index is 13.5. The highest BCUT2D eigenvalue weighted by molar-refractivity contribution is 6.34. The van der Waals surface area contributed by atoms with E-state index in [9.17, 15) is 22.4 Å². The Balaban J connectivity index is 1.72. The summed E-state index contributed by atoms with van der Waals surface area (Å²) in [5.74, 6) is -1.15.